The number of phosphoric ester groups is 1. The monoisotopic (exact) mass is 1070 g/mol. The van der Waals surface area contributed by atoms with Gasteiger partial charge in [-0.25, -0.2) is 36.5 Å². The molecule has 7 rings (SSSR count). The van der Waals surface area contributed by atoms with Gasteiger partial charge in [-0.2, -0.15) is 13.6 Å². The molecular formula is C42H52N7O18P3S. The maximum atomic E-state index is 13.1. The number of hydrogen-bond acceptors (Lipinski definition) is 18. The van der Waals surface area contributed by atoms with E-state index < -0.39 is 75.6 Å². The van der Waals surface area contributed by atoms with E-state index in [0.29, 0.717) is 52.0 Å². The maximum absolute atomic E-state index is 13.1. The van der Waals surface area contributed by atoms with Crippen LogP contribution in [0.4, 0.5) is 17.2 Å². The van der Waals surface area contributed by atoms with Crippen LogP contribution in [-0.4, -0.2) is 108 Å². The Balaban J connectivity index is 1.02. The number of nitrogens with one attached hydrogen (secondary N) is 1. The van der Waals surface area contributed by atoms with E-state index in [0.717, 1.165) is 27.9 Å². The Hall–Kier alpha value is -4.93. The van der Waals surface area contributed by atoms with Gasteiger partial charge in [-0.1, -0.05) is 17.9 Å². The van der Waals surface area contributed by atoms with Gasteiger partial charge < -0.3 is 54.7 Å². The van der Waals surface area contributed by atoms with Crippen molar-refractivity contribution in [2.24, 2.45) is 4.99 Å². The van der Waals surface area contributed by atoms with Crippen LogP contribution >= 0.6 is 23.5 Å². The number of aliphatic hydroxyl groups excluding tert-OH is 1. The molecule has 0 spiro atoms. The molecule has 384 valence electrons. The lowest BCUT2D eigenvalue weighted by molar-refractivity contribution is -0.120. The first-order valence-electron chi connectivity index (χ1n) is 21.8. The zero-order valence-electron chi connectivity index (χ0n) is 39.0. The molecule has 1 saturated heterocycles. The molecule has 8 N–H and O–H groups in total. The molecular weight excluding hydrogens is 1020 g/mol. The van der Waals surface area contributed by atoms with Gasteiger partial charge in [-0.05, 0) is 57.0 Å². The second kappa shape index (κ2) is 19.8. The predicted octanol–water partition coefficient (Wildman–Crippen LogP) is 2.06. The molecule has 1 amide bonds. The van der Waals surface area contributed by atoms with Crippen LogP contribution in [0.25, 0.3) is 11.1 Å². The van der Waals surface area contributed by atoms with Crippen LogP contribution in [0.3, 0.4) is 0 Å². The Morgan fingerprint density at radius 3 is 2.45 bits per heavy atom. The quantitative estimate of drug-likeness (QED) is 0.0365. The van der Waals surface area contributed by atoms with Gasteiger partial charge in [0.1, 0.15) is 35.7 Å². The van der Waals surface area contributed by atoms with Gasteiger partial charge in [0.25, 0.3) is 0 Å². The van der Waals surface area contributed by atoms with E-state index in [9.17, 15) is 51.1 Å². The molecule has 0 saturated carbocycles. The number of phosphoric acid groups is 3. The number of amides is 1. The number of nitrogens with two attached hydrogens (primary N) is 1. The number of rotatable bonds is 16. The standard InChI is InChI=1S/C42H52N7O18P3S/c1-7-48-31-16-34-29(14-27(31)24(2)19-41(48,3)4)45-30-15-28-26(23-71(60,61)62)20-42(5,6)49(32(28)17-35(30)64-34)13-9-11-37(51)44-12-8-10-25-21-47(40(52)46-39(25)43)38-18-33(50)36(65-38)22-63-69(56,57)67-70(58,59)66-68(53,54)55/h14-17,19-21,33,36,38,50H,7,9,11-13,18,22-23H2,1-6H3,(H7-,43,44,46,51,52,53,54,55,56,57,58,59,60,61,62)/t33-,36+,38+/m0/s1. The van der Waals surface area contributed by atoms with E-state index in [4.69, 9.17) is 30.0 Å². The fourth-order valence-corrected chi connectivity index (χ4v) is 12.6. The van der Waals surface area contributed by atoms with Gasteiger partial charge in [0.15, 0.2) is 17.0 Å². The van der Waals surface area contributed by atoms with Crippen LogP contribution in [-0.2, 0) is 46.5 Å². The number of benzene rings is 2. The largest absolute Gasteiger partial charge is 0.748 e. The zero-order valence-corrected chi connectivity index (χ0v) is 42.5. The number of ether oxygens (including phenoxy) is 2. The van der Waals surface area contributed by atoms with Crippen molar-refractivity contribution in [2.45, 2.75) is 90.3 Å². The molecule has 1 aromatic heterocycles. The van der Waals surface area contributed by atoms with Crippen molar-refractivity contribution in [1.29, 1.82) is 0 Å². The van der Waals surface area contributed by atoms with Crippen LogP contribution in [0.1, 0.15) is 83.7 Å². The van der Waals surface area contributed by atoms with Crippen LogP contribution in [0, 0.1) is 11.8 Å². The van der Waals surface area contributed by atoms with E-state index in [2.05, 4.69) is 74.0 Å². The summed E-state index contributed by atoms with van der Waals surface area (Å²) in [4.78, 5) is 73.3. The van der Waals surface area contributed by atoms with Crippen molar-refractivity contribution >= 4 is 67.8 Å². The number of carbonyl (C=O) groups excluding carboxylic acids is 1. The Bertz CT molecular complexity index is 3290. The lowest BCUT2D eigenvalue weighted by atomic mass is 9.88. The minimum absolute atomic E-state index is 0.0257. The summed E-state index contributed by atoms with van der Waals surface area (Å²) in [6, 6.07) is 7.47. The molecule has 1 fully saturated rings. The van der Waals surface area contributed by atoms with E-state index in [1.54, 1.807) is 18.2 Å². The van der Waals surface area contributed by atoms with Gasteiger partial charge in [0, 0.05) is 63.2 Å². The molecule has 0 radical (unpaired) electrons. The highest BCUT2D eigenvalue weighted by molar-refractivity contribution is 7.86. The molecule has 4 aliphatic rings. The van der Waals surface area contributed by atoms with Crippen LogP contribution < -0.4 is 41.7 Å². The first kappa shape index (κ1) is 53.9. The average molecular weight is 1070 g/mol. The summed E-state index contributed by atoms with van der Waals surface area (Å²) in [5.41, 5.74) is 8.52. The normalized spacial score (nSPS) is 21.5. The highest BCUT2D eigenvalue weighted by atomic mass is 32.2. The Morgan fingerprint density at radius 1 is 1.06 bits per heavy atom. The number of hydrogen-bond donors (Lipinski definition) is 7. The molecule has 29 heteroatoms. The fourth-order valence-electron chi connectivity index (χ4n) is 8.97. The van der Waals surface area contributed by atoms with Crippen molar-refractivity contribution < 1.29 is 78.8 Å². The summed E-state index contributed by atoms with van der Waals surface area (Å²) in [5, 5.41) is 14.3. The fraction of sp³-hybridized carbons (Fsp3) is 0.452. The molecule has 3 aromatic rings. The third-order valence-corrected chi connectivity index (χ3v) is 16.3. The van der Waals surface area contributed by atoms with Gasteiger partial charge >= 0.3 is 29.2 Å². The number of fused-ring (bicyclic) bond motifs is 4. The number of allylic oxidation sites excluding steroid dienone is 1. The second-order valence-corrected chi connectivity index (χ2v) is 23.8. The molecule has 25 nitrogen and oxygen atoms in total. The first-order chi connectivity index (χ1) is 32.8. The lowest BCUT2D eigenvalue weighted by Gasteiger charge is -2.43. The van der Waals surface area contributed by atoms with Crippen LogP contribution in [0.2, 0.25) is 0 Å². The molecule has 5 heterocycles. The first-order valence-corrected chi connectivity index (χ1v) is 27.9. The smallest absolute Gasteiger partial charge is 0.490 e. The maximum Gasteiger partial charge on any atom is 0.490 e. The van der Waals surface area contributed by atoms with Crippen molar-refractivity contribution in [2.75, 3.05) is 42.6 Å². The number of carbonyl (C=O) groups is 1. The number of likely N-dealkylation sites (N-methyl/N-ethyl adjacent to an activating group) is 1. The number of nitrogens with zero attached hydrogens (tertiary/aromatic N) is 5. The number of aliphatic hydroxyl groups is 1. The highest BCUT2D eigenvalue weighted by Gasteiger charge is 2.43. The van der Waals surface area contributed by atoms with Gasteiger partial charge in [0.2, 0.25) is 11.3 Å². The van der Waals surface area contributed by atoms with Crippen molar-refractivity contribution in [3.8, 4) is 23.3 Å². The Kier molecular flexibility index (Phi) is 15.0. The van der Waals surface area contributed by atoms with Gasteiger partial charge in [-0.15, -0.1) is 0 Å². The second-order valence-electron chi connectivity index (χ2n) is 18.0. The van der Waals surface area contributed by atoms with E-state index in [-0.39, 0.29) is 42.2 Å². The van der Waals surface area contributed by atoms with E-state index in [1.165, 1.54) is 6.20 Å². The summed E-state index contributed by atoms with van der Waals surface area (Å²) < 4.78 is 98.0. The summed E-state index contributed by atoms with van der Waals surface area (Å²) in [6.07, 6.45) is 1.06. The minimum Gasteiger partial charge on any atom is -0.748 e. The average Bonchev–Trinajstić information content (AvgIpc) is 3.59. The van der Waals surface area contributed by atoms with Gasteiger partial charge in [0.05, 0.1) is 57.9 Å². The zero-order chi connectivity index (χ0) is 52.2. The summed E-state index contributed by atoms with van der Waals surface area (Å²) in [7, 11) is -21.6. The SMILES string of the molecule is CCN1c2cc3c(cc2C(C)=CC1(C)C)N=c1cc2c(cc1O3)=[N+](CCCC(=O)NCC#Cc1cn([C@H]3C[C@H](O)[C@@H](COP(=O)(O)OP(=O)(O)OP(=O)(O)O)O3)c(=O)nc1N)C(C)(C)C=C2CS(=O)(=O)[O-]. The van der Waals surface area contributed by atoms with Crippen molar-refractivity contribution in [3.63, 3.8) is 0 Å². The van der Waals surface area contributed by atoms with Gasteiger partial charge in [-0.3, -0.25) is 13.9 Å². The molecule has 4 aliphatic heterocycles. The third-order valence-electron chi connectivity index (χ3n) is 11.8. The molecule has 5 atom stereocenters. The molecule has 0 bridgehead atoms. The molecule has 71 heavy (non-hydrogen) atoms. The summed E-state index contributed by atoms with van der Waals surface area (Å²) >= 11 is 0. The number of nitrogen functional groups attached to an aromatic ring is 1. The Morgan fingerprint density at radius 2 is 1.77 bits per heavy atom. The predicted molar refractivity (Wildman–Crippen MR) is 253 cm³/mol. The third kappa shape index (κ3) is 12.6. The minimum atomic E-state index is -5.80. The lowest BCUT2D eigenvalue weighted by Crippen LogP contribution is -2.50. The number of anilines is 2. The number of aromatic nitrogens is 2. The van der Waals surface area contributed by atoms with E-state index in [1.807, 2.05) is 30.6 Å². The summed E-state index contributed by atoms with van der Waals surface area (Å²) in [6.45, 7) is 12.1. The molecule has 2 unspecified atom stereocenters. The molecule has 0 aliphatic carbocycles. The topological polar surface area (TPSA) is 364 Å². The van der Waals surface area contributed by atoms with Crippen molar-refractivity contribution in [1.82, 2.24) is 19.4 Å². The molecule has 2 aromatic carbocycles. The highest BCUT2D eigenvalue weighted by Crippen LogP contribution is 2.66. The Labute approximate surface area is 406 Å². The summed E-state index contributed by atoms with van der Waals surface area (Å²) in [5.74, 6) is 5.04. The van der Waals surface area contributed by atoms with Crippen molar-refractivity contribution in [3.05, 3.63) is 80.5 Å². The van der Waals surface area contributed by atoms with Crippen LogP contribution in [0.15, 0.2) is 52.4 Å². The van der Waals surface area contributed by atoms with Crippen LogP contribution in [0.5, 0.6) is 11.5 Å². The van der Waals surface area contributed by atoms with E-state index >= 15 is 0 Å².